The monoisotopic (exact) mass is 331 g/mol. The van der Waals surface area contributed by atoms with Crippen LogP contribution in [0.25, 0.3) is 0 Å². The summed E-state index contributed by atoms with van der Waals surface area (Å²) in [6.45, 7) is 2.97. The van der Waals surface area contributed by atoms with Gasteiger partial charge in [0, 0.05) is 32.3 Å². The van der Waals surface area contributed by atoms with E-state index in [0.717, 1.165) is 44.7 Å². The van der Waals surface area contributed by atoms with Crippen molar-refractivity contribution in [2.75, 3.05) is 31.1 Å². The molecule has 2 fully saturated rings. The van der Waals surface area contributed by atoms with Crippen molar-refractivity contribution in [1.29, 1.82) is 0 Å². The quantitative estimate of drug-likeness (QED) is 0.922. The molecule has 0 spiro atoms. The minimum Gasteiger partial charge on any atom is -0.396 e. The number of piperidine rings is 1. The van der Waals surface area contributed by atoms with Gasteiger partial charge in [-0.25, -0.2) is 4.98 Å². The van der Waals surface area contributed by atoms with Gasteiger partial charge in [0.2, 0.25) is 0 Å². The summed E-state index contributed by atoms with van der Waals surface area (Å²) in [5, 5.41) is 9.27. The average molecular weight is 331 g/mol. The van der Waals surface area contributed by atoms with Crippen LogP contribution in [0, 0.1) is 0 Å². The third-order valence-electron chi connectivity index (χ3n) is 5.23. The van der Waals surface area contributed by atoms with Crippen LogP contribution in [0.1, 0.15) is 61.9 Å². The molecule has 5 heteroatoms. The van der Waals surface area contributed by atoms with Crippen molar-refractivity contribution < 1.29 is 9.90 Å². The Hall–Kier alpha value is -1.62. The number of likely N-dealkylation sites (tertiary alicyclic amines) is 1. The number of rotatable bonds is 4. The molecule has 2 aliphatic rings. The number of hydrogen-bond acceptors (Lipinski definition) is 4. The summed E-state index contributed by atoms with van der Waals surface area (Å²) < 4.78 is 0. The second-order valence-corrected chi connectivity index (χ2v) is 6.94. The van der Waals surface area contributed by atoms with Crippen LogP contribution in [0.3, 0.4) is 0 Å². The van der Waals surface area contributed by atoms with Crippen LogP contribution >= 0.6 is 0 Å². The maximum absolute atomic E-state index is 13.0. The molecule has 0 aromatic carbocycles. The molecule has 1 aromatic rings. The van der Waals surface area contributed by atoms with E-state index in [-0.39, 0.29) is 18.6 Å². The van der Waals surface area contributed by atoms with Gasteiger partial charge in [-0.3, -0.25) is 4.79 Å². The largest absolute Gasteiger partial charge is 0.396 e. The topological polar surface area (TPSA) is 56.7 Å². The first-order chi connectivity index (χ1) is 11.8. The molecule has 5 nitrogen and oxygen atoms in total. The lowest BCUT2D eigenvalue weighted by molar-refractivity contribution is 0.0568. The predicted octanol–water partition coefficient (Wildman–Crippen LogP) is 2.84. The summed E-state index contributed by atoms with van der Waals surface area (Å²) in [5.74, 6) is 0.947. The van der Waals surface area contributed by atoms with Gasteiger partial charge in [-0.1, -0.05) is 18.9 Å². The Morgan fingerprint density at radius 3 is 2.58 bits per heavy atom. The van der Waals surface area contributed by atoms with E-state index in [1.165, 1.54) is 25.7 Å². The maximum atomic E-state index is 13.0. The van der Waals surface area contributed by atoms with Gasteiger partial charge >= 0.3 is 0 Å². The van der Waals surface area contributed by atoms with Crippen LogP contribution < -0.4 is 4.90 Å². The Bertz CT molecular complexity index is 539. The zero-order chi connectivity index (χ0) is 16.8. The van der Waals surface area contributed by atoms with Crippen molar-refractivity contribution in [3.05, 3.63) is 23.9 Å². The normalized spacial score (nSPS) is 22.3. The van der Waals surface area contributed by atoms with Gasteiger partial charge in [0.05, 0.1) is 0 Å². The van der Waals surface area contributed by atoms with E-state index in [9.17, 15) is 9.90 Å². The van der Waals surface area contributed by atoms with Gasteiger partial charge in [0.25, 0.3) is 5.91 Å². The molecule has 0 radical (unpaired) electrons. The Balaban J connectivity index is 1.75. The number of nitrogens with zero attached hydrogens (tertiary/aromatic N) is 3. The fraction of sp³-hybridized carbons (Fsp3) is 0.684. The average Bonchev–Trinajstić information content (AvgIpc) is 2.91. The molecule has 0 saturated carbocycles. The Morgan fingerprint density at radius 2 is 1.83 bits per heavy atom. The van der Waals surface area contributed by atoms with E-state index in [1.807, 2.05) is 23.1 Å². The van der Waals surface area contributed by atoms with E-state index in [2.05, 4.69) is 9.88 Å². The lowest BCUT2D eigenvalue weighted by Crippen LogP contribution is -2.44. The first-order valence-corrected chi connectivity index (χ1v) is 9.43. The van der Waals surface area contributed by atoms with E-state index in [4.69, 9.17) is 0 Å². The molecule has 2 aliphatic heterocycles. The molecular formula is C19H29N3O2. The molecule has 132 valence electrons. The number of aromatic nitrogens is 1. The molecule has 1 unspecified atom stereocenters. The van der Waals surface area contributed by atoms with Crippen molar-refractivity contribution in [2.24, 2.45) is 0 Å². The van der Waals surface area contributed by atoms with Gasteiger partial charge in [-0.05, 0) is 50.7 Å². The van der Waals surface area contributed by atoms with Crippen molar-refractivity contribution in [3.8, 4) is 0 Å². The highest BCUT2D eigenvalue weighted by Gasteiger charge is 2.28. The molecule has 24 heavy (non-hydrogen) atoms. The number of carbonyl (C=O) groups excluding carboxylic acids is 1. The fourth-order valence-corrected chi connectivity index (χ4v) is 3.88. The molecule has 0 aliphatic carbocycles. The smallest absolute Gasteiger partial charge is 0.272 e. The highest BCUT2D eigenvalue weighted by molar-refractivity contribution is 5.93. The van der Waals surface area contributed by atoms with Crippen molar-refractivity contribution in [1.82, 2.24) is 9.88 Å². The summed E-state index contributed by atoms with van der Waals surface area (Å²) in [4.78, 5) is 21.9. The minimum atomic E-state index is 0.0184. The summed E-state index contributed by atoms with van der Waals surface area (Å²) >= 11 is 0. The zero-order valence-electron chi connectivity index (χ0n) is 14.5. The van der Waals surface area contributed by atoms with Gasteiger partial charge < -0.3 is 14.9 Å². The first kappa shape index (κ1) is 17.2. The van der Waals surface area contributed by atoms with Gasteiger partial charge in [-0.2, -0.15) is 0 Å². The fourth-order valence-electron chi connectivity index (χ4n) is 3.88. The van der Waals surface area contributed by atoms with Crippen LogP contribution in [-0.4, -0.2) is 53.2 Å². The molecule has 1 N–H and O–H groups in total. The lowest BCUT2D eigenvalue weighted by Gasteiger charge is -2.35. The summed E-state index contributed by atoms with van der Waals surface area (Å²) in [6.07, 6.45) is 8.79. The third-order valence-corrected chi connectivity index (χ3v) is 5.23. The van der Waals surface area contributed by atoms with Crippen LogP contribution in [-0.2, 0) is 0 Å². The molecule has 1 amide bonds. The second-order valence-electron chi connectivity index (χ2n) is 6.94. The number of aliphatic hydroxyl groups is 1. The van der Waals surface area contributed by atoms with Crippen LogP contribution in [0.4, 0.5) is 5.82 Å². The molecule has 2 saturated heterocycles. The number of pyridine rings is 1. The third kappa shape index (κ3) is 4.07. The molecule has 3 rings (SSSR count). The SMILES string of the molecule is O=C(c1cccc(N2CCCCCC2)n1)N1CCCCC1CCO. The Kier molecular flexibility index (Phi) is 6.07. The highest BCUT2D eigenvalue weighted by Crippen LogP contribution is 2.23. The van der Waals surface area contributed by atoms with E-state index < -0.39 is 0 Å². The van der Waals surface area contributed by atoms with E-state index in [0.29, 0.717) is 12.1 Å². The minimum absolute atomic E-state index is 0.0184. The van der Waals surface area contributed by atoms with Crippen LogP contribution in [0.2, 0.25) is 0 Å². The summed E-state index contributed by atoms with van der Waals surface area (Å²) in [7, 11) is 0. The number of anilines is 1. The first-order valence-electron chi connectivity index (χ1n) is 9.43. The predicted molar refractivity (Wildman–Crippen MR) is 95.3 cm³/mol. The van der Waals surface area contributed by atoms with Crippen LogP contribution in [0.15, 0.2) is 18.2 Å². The lowest BCUT2D eigenvalue weighted by atomic mass is 9.99. The number of carbonyl (C=O) groups is 1. The van der Waals surface area contributed by atoms with E-state index in [1.54, 1.807) is 0 Å². The molecule has 1 aromatic heterocycles. The Labute approximate surface area is 144 Å². The summed E-state index contributed by atoms with van der Waals surface area (Å²) in [6, 6.07) is 5.95. The number of hydrogen-bond donors (Lipinski definition) is 1. The molecule has 0 bridgehead atoms. The zero-order valence-corrected chi connectivity index (χ0v) is 14.5. The van der Waals surface area contributed by atoms with Gasteiger partial charge in [-0.15, -0.1) is 0 Å². The maximum Gasteiger partial charge on any atom is 0.272 e. The number of aliphatic hydroxyl groups excluding tert-OH is 1. The Morgan fingerprint density at radius 1 is 1.08 bits per heavy atom. The molecule has 1 atom stereocenters. The van der Waals surface area contributed by atoms with Crippen molar-refractivity contribution in [3.63, 3.8) is 0 Å². The van der Waals surface area contributed by atoms with Gasteiger partial charge in [0.15, 0.2) is 0 Å². The second kappa shape index (κ2) is 8.47. The molecular weight excluding hydrogens is 302 g/mol. The number of amides is 1. The van der Waals surface area contributed by atoms with E-state index >= 15 is 0 Å². The van der Waals surface area contributed by atoms with Gasteiger partial charge in [0.1, 0.15) is 11.5 Å². The van der Waals surface area contributed by atoms with Crippen LogP contribution in [0.5, 0.6) is 0 Å². The standard InChI is InChI=1S/C19H29N3O2/c23-15-11-16-8-3-6-14-22(16)19(24)17-9-7-10-18(20-17)21-12-4-1-2-5-13-21/h7,9-10,16,23H,1-6,8,11-15H2. The van der Waals surface area contributed by atoms with Crippen molar-refractivity contribution >= 4 is 11.7 Å². The summed E-state index contributed by atoms with van der Waals surface area (Å²) in [5.41, 5.74) is 0.543. The highest BCUT2D eigenvalue weighted by atomic mass is 16.3. The molecule has 3 heterocycles. The van der Waals surface area contributed by atoms with Crippen molar-refractivity contribution in [2.45, 2.75) is 57.4 Å².